The van der Waals surface area contributed by atoms with Gasteiger partial charge in [0.2, 0.25) is 0 Å². The van der Waals surface area contributed by atoms with E-state index in [9.17, 15) is 9.59 Å². The van der Waals surface area contributed by atoms with Crippen LogP contribution in [-0.2, 0) is 6.54 Å². The summed E-state index contributed by atoms with van der Waals surface area (Å²) in [6.07, 6.45) is 1.74. The summed E-state index contributed by atoms with van der Waals surface area (Å²) in [7, 11) is 0. The standard InChI is InChI=1S/C20H15BrN4O3/c1-2-9-25-16-6-4-3-5-12(16)10-17(25)19(26)22-15-8-7-13(21)11-14(15)18-23-20(27)28-24-18/h2-8,10-11H,1,9H2,(H,22,26)(H,23,24,27). The molecule has 0 aliphatic rings. The van der Waals surface area contributed by atoms with Crippen molar-refractivity contribution >= 4 is 38.4 Å². The van der Waals surface area contributed by atoms with Gasteiger partial charge in [-0.15, -0.1) is 6.58 Å². The Labute approximate surface area is 167 Å². The third-order valence-electron chi connectivity index (χ3n) is 4.28. The van der Waals surface area contributed by atoms with Gasteiger partial charge in [-0.05, 0) is 30.3 Å². The number of halogens is 1. The molecule has 2 N–H and O–H groups in total. The summed E-state index contributed by atoms with van der Waals surface area (Å²) in [5.74, 6) is -0.723. The molecule has 0 spiro atoms. The van der Waals surface area contributed by atoms with E-state index in [0.717, 1.165) is 15.4 Å². The van der Waals surface area contributed by atoms with Gasteiger partial charge < -0.3 is 9.88 Å². The number of amides is 1. The predicted molar refractivity (Wildman–Crippen MR) is 110 cm³/mol. The first-order chi connectivity index (χ1) is 13.6. The fourth-order valence-electron chi connectivity index (χ4n) is 3.08. The Hall–Kier alpha value is -3.39. The molecule has 2 heterocycles. The summed E-state index contributed by atoms with van der Waals surface area (Å²) in [6.45, 7) is 4.28. The van der Waals surface area contributed by atoms with E-state index < -0.39 is 5.76 Å². The molecule has 0 radical (unpaired) electrons. The molecule has 0 bridgehead atoms. The number of nitrogens with zero attached hydrogens (tertiary/aromatic N) is 2. The number of H-pyrrole nitrogens is 1. The molecule has 4 rings (SSSR count). The highest BCUT2D eigenvalue weighted by atomic mass is 79.9. The molecular formula is C20H15BrN4O3. The molecule has 7 nitrogen and oxygen atoms in total. The largest absolute Gasteiger partial charge is 0.439 e. The first kappa shape index (κ1) is 18.0. The Kier molecular flexibility index (Phi) is 4.70. The van der Waals surface area contributed by atoms with Crippen molar-refractivity contribution in [3.05, 3.63) is 81.9 Å². The van der Waals surface area contributed by atoms with Crippen molar-refractivity contribution in [2.75, 3.05) is 5.32 Å². The number of para-hydroxylation sites is 1. The van der Waals surface area contributed by atoms with E-state index >= 15 is 0 Å². The summed E-state index contributed by atoms with van der Waals surface area (Å²) in [5.41, 5.74) is 2.47. The van der Waals surface area contributed by atoms with Crippen molar-refractivity contribution in [2.45, 2.75) is 6.54 Å². The molecule has 2 aromatic carbocycles. The van der Waals surface area contributed by atoms with E-state index in [2.05, 4.69) is 42.5 Å². The van der Waals surface area contributed by atoms with Crippen molar-refractivity contribution < 1.29 is 9.32 Å². The van der Waals surface area contributed by atoms with Crippen molar-refractivity contribution in [3.63, 3.8) is 0 Å². The third-order valence-corrected chi connectivity index (χ3v) is 4.77. The Morgan fingerprint density at radius 1 is 1.29 bits per heavy atom. The number of hydrogen-bond acceptors (Lipinski definition) is 4. The van der Waals surface area contributed by atoms with Gasteiger partial charge in [0.1, 0.15) is 5.69 Å². The van der Waals surface area contributed by atoms with Crippen LogP contribution in [0.15, 0.2) is 75.0 Å². The van der Waals surface area contributed by atoms with Gasteiger partial charge in [0.15, 0.2) is 5.82 Å². The average Bonchev–Trinajstić information content (AvgIpc) is 3.28. The van der Waals surface area contributed by atoms with Crippen molar-refractivity contribution in [1.82, 2.24) is 14.7 Å². The van der Waals surface area contributed by atoms with Crippen LogP contribution in [0.2, 0.25) is 0 Å². The number of hydrogen-bond donors (Lipinski definition) is 2. The molecule has 0 atom stereocenters. The average molecular weight is 439 g/mol. The van der Waals surface area contributed by atoms with Crippen LogP contribution in [0.1, 0.15) is 10.5 Å². The van der Waals surface area contributed by atoms with Gasteiger partial charge in [0.25, 0.3) is 5.91 Å². The minimum Gasteiger partial charge on any atom is -0.333 e. The van der Waals surface area contributed by atoms with Crippen LogP contribution in [0.5, 0.6) is 0 Å². The van der Waals surface area contributed by atoms with E-state index in [1.165, 1.54) is 0 Å². The second kappa shape index (κ2) is 7.32. The SMILES string of the molecule is C=CCn1c(C(=O)Nc2ccc(Br)cc2-c2noc(=O)[nH]2)cc2ccccc21. The highest BCUT2D eigenvalue weighted by molar-refractivity contribution is 9.10. The van der Waals surface area contributed by atoms with Crippen LogP contribution >= 0.6 is 15.9 Å². The lowest BCUT2D eigenvalue weighted by Gasteiger charge is -2.12. The van der Waals surface area contributed by atoms with E-state index in [1.54, 1.807) is 24.3 Å². The van der Waals surface area contributed by atoms with Gasteiger partial charge in [-0.2, -0.15) is 0 Å². The third kappa shape index (κ3) is 3.29. The monoisotopic (exact) mass is 438 g/mol. The first-order valence-corrected chi connectivity index (χ1v) is 9.22. The van der Waals surface area contributed by atoms with Crippen molar-refractivity contribution in [3.8, 4) is 11.4 Å². The number of carbonyl (C=O) groups excluding carboxylic acids is 1. The highest BCUT2D eigenvalue weighted by Gasteiger charge is 2.18. The zero-order valence-electron chi connectivity index (χ0n) is 14.6. The van der Waals surface area contributed by atoms with Crippen molar-refractivity contribution in [2.24, 2.45) is 0 Å². The van der Waals surface area contributed by atoms with Gasteiger partial charge in [0.05, 0.1) is 5.69 Å². The number of carbonyl (C=O) groups is 1. The Morgan fingerprint density at radius 3 is 2.86 bits per heavy atom. The van der Waals surface area contributed by atoms with Crippen LogP contribution in [-0.4, -0.2) is 20.6 Å². The molecule has 0 unspecified atom stereocenters. The smallest absolute Gasteiger partial charge is 0.333 e. The summed E-state index contributed by atoms with van der Waals surface area (Å²) in [5, 5.41) is 7.58. The maximum absolute atomic E-state index is 13.1. The van der Waals surface area contributed by atoms with Crippen LogP contribution < -0.4 is 11.1 Å². The van der Waals surface area contributed by atoms with Crippen LogP contribution in [0.4, 0.5) is 5.69 Å². The molecule has 1 amide bonds. The number of nitrogens with one attached hydrogen (secondary N) is 2. The quantitative estimate of drug-likeness (QED) is 0.457. The van der Waals surface area contributed by atoms with Crippen LogP contribution in [0.25, 0.3) is 22.3 Å². The second-order valence-corrected chi connectivity index (χ2v) is 6.99. The number of allylic oxidation sites excluding steroid dienone is 1. The van der Waals surface area contributed by atoms with Gasteiger partial charge in [-0.25, -0.2) is 4.79 Å². The minimum absolute atomic E-state index is 0.230. The lowest BCUT2D eigenvalue weighted by Crippen LogP contribution is -2.17. The molecule has 4 aromatic rings. The maximum Gasteiger partial charge on any atom is 0.439 e. The van der Waals surface area contributed by atoms with Crippen molar-refractivity contribution in [1.29, 1.82) is 0 Å². The van der Waals surface area contributed by atoms with Crippen LogP contribution in [0.3, 0.4) is 0 Å². The molecule has 0 aliphatic heterocycles. The summed E-state index contributed by atoms with van der Waals surface area (Å²) >= 11 is 3.39. The zero-order chi connectivity index (χ0) is 19.7. The number of rotatable bonds is 5. The molecule has 0 saturated carbocycles. The van der Waals surface area contributed by atoms with Gasteiger partial charge in [0, 0.05) is 27.5 Å². The first-order valence-electron chi connectivity index (χ1n) is 8.43. The summed E-state index contributed by atoms with van der Waals surface area (Å²) in [6, 6.07) is 14.9. The van der Waals surface area contributed by atoms with E-state index in [4.69, 9.17) is 0 Å². The molecule has 0 saturated heterocycles. The minimum atomic E-state index is -0.668. The Morgan fingerprint density at radius 2 is 2.11 bits per heavy atom. The molecule has 2 aromatic heterocycles. The van der Waals surface area contributed by atoms with Gasteiger partial charge in [-0.1, -0.05) is 45.4 Å². The predicted octanol–water partition coefficient (Wildman–Crippen LogP) is 4.19. The molecular weight excluding hydrogens is 424 g/mol. The van der Waals surface area contributed by atoms with E-state index in [1.807, 2.05) is 34.9 Å². The van der Waals surface area contributed by atoms with E-state index in [0.29, 0.717) is 23.5 Å². The molecule has 0 fully saturated rings. The topological polar surface area (TPSA) is 92.9 Å². The molecule has 8 heteroatoms. The number of benzene rings is 2. The number of anilines is 1. The lowest BCUT2D eigenvalue weighted by molar-refractivity contribution is 0.101. The number of aromatic amines is 1. The summed E-state index contributed by atoms with van der Waals surface area (Å²) < 4.78 is 7.26. The Balaban J connectivity index is 1.76. The molecule has 140 valence electrons. The molecule has 28 heavy (non-hydrogen) atoms. The van der Waals surface area contributed by atoms with E-state index in [-0.39, 0.29) is 11.7 Å². The maximum atomic E-state index is 13.1. The lowest BCUT2D eigenvalue weighted by atomic mass is 10.1. The number of fused-ring (bicyclic) bond motifs is 1. The second-order valence-electron chi connectivity index (χ2n) is 6.08. The highest BCUT2D eigenvalue weighted by Crippen LogP contribution is 2.29. The number of aromatic nitrogens is 3. The normalized spacial score (nSPS) is 10.9. The Bertz CT molecular complexity index is 1250. The zero-order valence-corrected chi connectivity index (χ0v) is 16.2. The van der Waals surface area contributed by atoms with Gasteiger partial charge >= 0.3 is 5.76 Å². The van der Waals surface area contributed by atoms with Crippen LogP contribution in [0, 0.1) is 0 Å². The fraction of sp³-hybridized carbons (Fsp3) is 0.0500. The van der Waals surface area contributed by atoms with Gasteiger partial charge in [-0.3, -0.25) is 14.3 Å². The molecule has 0 aliphatic carbocycles. The fourth-order valence-corrected chi connectivity index (χ4v) is 3.44. The summed E-state index contributed by atoms with van der Waals surface area (Å²) in [4.78, 5) is 26.9.